The Morgan fingerprint density at radius 1 is 1.00 bits per heavy atom. The number of esters is 2. The molecule has 26 heavy (non-hydrogen) atoms. The van der Waals surface area contributed by atoms with Gasteiger partial charge < -0.3 is 14.2 Å². The van der Waals surface area contributed by atoms with Crippen LogP contribution >= 0.6 is 0 Å². The highest BCUT2D eigenvalue weighted by atomic mass is 19.4. The molecule has 1 aliphatic carbocycles. The first-order chi connectivity index (χ1) is 11.8. The van der Waals surface area contributed by atoms with Crippen LogP contribution in [-0.2, 0) is 23.8 Å². The first kappa shape index (κ1) is 22.3. The molecule has 1 rings (SSSR count). The van der Waals surface area contributed by atoms with Crippen molar-refractivity contribution in [3.63, 3.8) is 0 Å². The summed E-state index contributed by atoms with van der Waals surface area (Å²) in [4.78, 5) is 22.6. The maximum Gasteiger partial charge on any atom is 0.434 e. The molecule has 0 aliphatic heterocycles. The van der Waals surface area contributed by atoms with Gasteiger partial charge in [-0.1, -0.05) is 6.58 Å². The van der Waals surface area contributed by atoms with Gasteiger partial charge in [0.1, 0.15) is 12.7 Å². The van der Waals surface area contributed by atoms with Crippen LogP contribution in [0.25, 0.3) is 0 Å². The molecule has 1 fully saturated rings. The van der Waals surface area contributed by atoms with Gasteiger partial charge in [0.15, 0.2) is 0 Å². The SMILES string of the molecule is C=C(C)C(=O)OC1CCC(OCC(=O)OC(C(F)(F)F)C(F)(F)F)CC1. The summed E-state index contributed by atoms with van der Waals surface area (Å²) in [5, 5.41) is 0. The summed E-state index contributed by atoms with van der Waals surface area (Å²) >= 11 is 0. The van der Waals surface area contributed by atoms with Crippen molar-refractivity contribution in [2.75, 3.05) is 6.61 Å². The lowest BCUT2D eigenvalue weighted by atomic mass is 9.95. The second kappa shape index (κ2) is 8.74. The van der Waals surface area contributed by atoms with Crippen LogP contribution in [0.15, 0.2) is 12.2 Å². The summed E-state index contributed by atoms with van der Waals surface area (Å²) in [5.41, 5.74) is 0.231. The van der Waals surface area contributed by atoms with Gasteiger partial charge in [0.2, 0.25) is 0 Å². The van der Waals surface area contributed by atoms with Crippen LogP contribution in [0, 0.1) is 0 Å². The number of hydrogen-bond acceptors (Lipinski definition) is 5. The Morgan fingerprint density at radius 2 is 1.46 bits per heavy atom. The maximum atomic E-state index is 12.3. The molecule has 5 nitrogen and oxygen atoms in total. The third-order valence-corrected chi connectivity index (χ3v) is 3.52. The minimum atomic E-state index is -5.76. The fraction of sp³-hybridized carbons (Fsp3) is 0.733. The van der Waals surface area contributed by atoms with E-state index in [9.17, 15) is 35.9 Å². The number of carbonyl (C=O) groups excluding carboxylic acids is 2. The summed E-state index contributed by atoms with van der Waals surface area (Å²) in [6.45, 7) is 3.88. The Labute approximate surface area is 145 Å². The lowest BCUT2D eigenvalue weighted by Crippen LogP contribution is -2.46. The molecule has 0 unspecified atom stereocenters. The molecule has 1 saturated carbocycles. The molecule has 0 radical (unpaired) electrons. The summed E-state index contributed by atoms with van der Waals surface area (Å²) in [6, 6.07) is 0. The van der Waals surface area contributed by atoms with E-state index < -0.39 is 43.1 Å². The highest BCUT2D eigenvalue weighted by molar-refractivity contribution is 5.87. The predicted molar refractivity (Wildman–Crippen MR) is 74.9 cm³/mol. The van der Waals surface area contributed by atoms with Crippen molar-refractivity contribution >= 4 is 11.9 Å². The largest absolute Gasteiger partial charge is 0.459 e. The van der Waals surface area contributed by atoms with Crippen molar-refractivity contribution in [1.82, 2.24) is 0 Å². The van der Waals surface area contributed by atoms with E-state index in [0.29, 0.717) is 25.7 Å². The molecule has 0 aromatic heterocycles. The van der Waals surface area contributed by atoms with Crippen molar-refractivity contribution in [3.8, 4) is 0 Å². The molecule has 0 aromatic rings. The summed E-state index contributed by atoms with van der Waals surface area (Å²) in [7, 11) is 0. The molecular weight excluding hydrogens is 374 g/mol. The van der Waals surface area contributed by atoms with E-state index in [2.05, 4.69) is 11.3 Å². The van der Waals surface area contributed by atoms with Crippen LogP contribution in [0.2, 0.25) is 0 Å². The maximum absolute atomic E-state index is 12.3. The van der Waals surface area contributed by atoms with Crippen molar-refractivity contribution in [3.05, 3.63) is 12.2 Å². The van der Waals surface area contributed by atoms with Gasteiger partial charge in [-0.3, -0.25) is 0 Å². The topological polar surface area (TPSA) is 61.8 Å². The number of rotatable bonds is 6. The number of ether oxygens (including phenoxy) is 3. The fourth-order valence-corrected chi connectivity index (χ4v) is 2.24. The summed E-state index contributed by atoms with van der Waals surface area (Å²) in [6.07, 6.45) is -15.3. The van der Waals surface area contributed by atoms with Gasteiger partial charge in [0.25, 0.3) is 6.10 Å². The monoisotopic (exact) mass is 392 g/mol. The van der Waals surface area contributed by atoms with Gasteiger partial charge in [-0.05, 0) is 32.6 Å². The van der Waals surface area contributed by atoms with Crippen molar-refractivity contribution in [2.24, 2.45) is 0 Å². The Balaban J connectivity index is 2.40. The molecule has 0 saturated heterocycles. The molecule has 0 atom stereocenters. The Kier molecular flexibility index (Phi) is 7.48. The zero-order valence-corrected chi connectivity index (χ0v) is 13.8. The zero-order chi connectivity index (χ0) is 20.1. The second-order valence-electron chi connectivity index (χ2n) is 5.85. The minimum Gasteiger partial charge on any atom is -0.459 e. The van der Waals surface area contributed by atoms with Crippen molar-refractivity contribution in [1.29, 1.82) is 0 Å². The Hall–Kier alpha value is -1.78. The minimum absolute atomic E-state index is 0.231. The molecule has 0 spiro atoms. The highest BCUT2D eigenvalue weighted by Crippen LogP contribution is 2.35. The second-order valence-corrected chi connectivity index (χ2v) is 5.85. The van der Waals surface area contributed by atoms with Gasteiger partial charge >= 0.3 is 24.3 Å². The van der Waals surface area contributed by atoms with E-state index in [1.165, 1.54) is 6.92 Å². The van der Waals surface area contributed by atoms with E-state index in [1.807, 2.05) is 0 Å². The average Bonchev–Trinajstić information content (AvgIpc) is 2.49. The molecule has 0 bridgehead atoms. The third kappa shape index (κ3) is 7.22. The zero-order valence-electron chi connectivity index (χ0n) is 13.8. The summed E-state index contributed by atoms with van der Waals surface area (Å²) in [5.74, 6) is -2.32. The van der Waals surface area contributed by atoms with E-state index in [0.717, 1.165) is 0 Å². The number of carbonyl (C=O) groups is 2. The van der Waals surface area contributed by atoms with E-state index in [-0.39, 0.29) is 11.7 Å². The fourth-order valence-electron chi connectivity index (χ4n) is 2.24. The number of alkyl halides is 6. The van der Waals surface area contributed by atoms with Gasteiger partial charge in [-0.15, -0.1) is 0 Å². The van der Waals surface area contributed by atoms with Gasteiger partial charge in [0, 0.05) is 5.57 Å². The Bertz CT molecular complexity index is 506. The highest BCUT2D eigenvalue weighted by Gasteiger charge is 2.59. The van der Waals surface area contributed by atoms with Crippen molar-refractivity contribution in [2.45, 2.75) is 63.3 Å². The van der Waals surface area contributed by atoms with Crippen LogP contribution in [0.5, 0.6) is 0 Å². The first-order valence-corrected chi connectivity index (χ1v) is 7.61. The van der Waals surface area contributed by atoms with E-state index in [4.69, 9.17) is 9.47 Å². The first-order valence-electron chi connectivity index (χ1n) is 7.61. The molecule has 0 heterocycles. The van der Waals surface area contributed by atoms with E-state index in [1.54, 1.807) is 0 Å². The van der Waals surface area contributed by atoms with Gasteiger partial charge in [0.05, 0.1) is 6.10 Å². The Morgan fingerprint density at radius 3 is 1.88 bits per heavy atom. The molecule has 0 aromatic carbocycles. The van der Waals surface area contributed by atoms with Gasteiger partial charge in [-0.25, -0.2) is 9.59 Å². The molecule has 150 valence electrons. The molecule has 0 N–H and O–H groups in total. The standard InChI is InChI=1S/C15H18F6O5/c1-8(2)12(23)25-10-5-3-9(4-6-10)24-7-11(22)26-13(14(16,17)18)15(19,20)21/h9-10,13H,1,3-7H2,2H3. The third-order valence-electron chi connectivity index (χ3n) is 3.52. The van der Waals surface area contributed by atoms with Crippen LogP contribution in [0.3, 0.4) is 0 Å². The van der Waals surface area contributed by atoms with Gasteiger partial charge in [-0.2, -0.15) is 26.3 Å². The lowest BCUT2D eigenvalue weighted by Gasteiger charge is -2.28. The normalized spacial score (nSPS) is 21.4. The van der Waals surface area contributed by atoms with E-state index >= 15 is 0 Å². The number of hydrogen-bond donors (Lipinski definition) is 0. The molecule has 1 aliphatic rings. The quantitative estimate of drug-likeness (QED) is 0.394. The van der Waals surface area contributed by atoms with Crippen molar-refractivity contribution < 1.29 is 50.1 Å². The van der Waals surface area contributed by atoms with Crippen LogP contribution < -0.4 is 0 Å². The van der Waals surface area contributed by atoms with Crippen LogP contribution in [0.4, 0.5) is 26.3 Å². The lowest BCUT2D eigenvalue weighted by molar-refractivity contribution is -0.314. The summed E-state index contributed by atoms with van der Waals surface area (Å²) < 4.78 is 87.3. The van der Waals surface area contributed by atoms with Crippen LogP contribution in [-0.4, -0.2) is 49.2 Å². The predicted octanol–water partition coefficient (Wildman–Crippen LogP) is 3.47. The number of halogens is 6. The van der Waals surface area contributed by atoms with Crippen LogP contribution in [0.1, 0.15) is 32.6 Å². The molecule has 0 amide bonds. The molecular formula is C15H18F6O5. The average molecular weight is 392 g/mol. The smallest absolute Gasteiger partial charge is 0.434 e. The molecule has 11 heteroatoms.